The normalized spacial score (nSPS) is 39.4. The van der Waals surface area contributed by atoms with E-state index in [1.165, 1.54) is 0 Å². The number of hydrogen-bond acceptors (Lipinski definition) is 7. The number of carbonyl (C=O) groups is 2. The van der Waals surface area contributed by atoms with Gasteiger partial charge in [-0.1, -0.05) is 6.92 Å². The average molecular weight is 401 g/mol. The maximum atomic E-state index is 12.7. The molecule has 0 saturated carbocycles. The fourth-order valence-corrected chi connectivity index (χ4v) is 3.88. The summed E-state index contributed by atoms with van der Waals surface area (Å²) in [6, 6.07) is 0. The van der Waals surface area contributed by atoms with Gasteiger partial charge in [0.05, 0.1) is 36.3 Å². The predicted octanol–water partition coefficient (Wildman–Crippen LogP) is 2.36. The molecule has 0 aromatic rings. The lowest BCUT2D eigenvalue weighted by atomic mass is 9.96. The quantitative estimate of drug-likeness (QED) is 0.701. The molecule has 162 valence electrons. The highest BCUT2D eigenvalue weighted by Crippen LogP contribution is 2.30. The van der Waals surface area contributed by atoms with Crippen molar-refractivity contribution in [1.29, 1.82) is 0 Å². The number of carbonyl (C=O) groups excluding carboxylic acids is 2. The third kappa shape index (κ3) is 6.42. The molecular formula is C21H36O7. The minimum atomic E-state index is -0.894. The van der Waals surface area contributed by atoms with Crippen molar-refractivity contribution in [2.45, 2.75) is 109 Å². The van der Waals surface area contributed by atoms with Crippen LogP contribution in [0.15, 0.2) is 0 Å². The fourth-order valence-electron chi connectivity index (χ4n) is 3.88. The summed E-state index contributed by atoms with van der Waals surface area (Å²) in [5.41, 5.74) is 0. The van der Waals surface area contributed by atoms with E-state index in [1.54, 1.807) is 13.8 Å². The zero-order valence-corrected chi connectivity index (χ0v) is 17.5. The first-order chi connectivity index (χ1) is 13.2. The maximum Gasteiger partial charge on any atom is 0.311 e. The Kier molecular flexibility index (Phi) is 8.71. The number of esters is 2. The number of aliphatic hydroxyl groups excluding tert-OH is 2. The molecule has 0 spiro atoms. The van der Waals surface area contributed by atoms with E-state index >= 15 is 0 Å². The number of fused-ring (bicyclic) bond motifs is 2. The van der Waals surface area contributed by atoms with Gasteiger partial charge in [-0.2, -0.15) is 0 Å². The Morgan fingerprint density at radius 1 is 1.00 bits per heavy atom. The van der Waals surface area contributed by atoms with Crippen LogP contribution in [0.5, 0.6) is 0 Å². The highest BCUT2D eigenvalue weighted by molar-refractivity contribution is 5.73. The smallest absolute Gasteiger partial charge is 0.311 e. The number of hydrogen-bond donors (Lipinski definition) is 2. The standard InChI is InChI=1S/C21H36O7/c1-5-15(22)11-17-6-8-18(23)13(3)20(24)26-12(2)10-16-7-9-19(27-16)14(4)21(25)28-17/h12-19,22-23H,5-11H2,1-4H3/t12-,13+,14-,15+,16+,17-,18-,19-/m0/s1. The average Bonchev–Trinajstić information content (AvgIpc) is 3.11. The Morgan fingerprint density at radius 2 is 1.68 bits per heavy atom. The van der Waals surface area contributed by atoms with E-state index in [-0.39, 0.29) is 30.7 Å². The zero-order chi connectivity index (χ0) is 20.8. The molecule has 0 aromatic carbocycles. The second kappa shape index (κ2) is 10.6. The van der Waals surface area contributed by atoms with Crippen molar-refractivity contribution >= 4 is 11.9 Å². The third-order valence-electron chi connectivity index (χ3n) is 6.00. The van der Waals surface area contributed by atoms with E-state index in [9.17, 15) is 19.8 Å². The van der Waals surface area contributed by atoms with Gasteiger partial charge in [-0.3, -0.25) is 9.59 Å². The van der Waals surface area contributed by atoms with E-state index < -0.39 is 36.1 Å². The van der Waals surface area contributed by atoms with E-state index in [2.05, 4.69) is 0 Å². The minimum absolute atomic E-state index is 0.0638. The molecule has 8 atom stereocenters. The molecule has 7 nitrogen and oxygen atoms in total. The van der Waals surface area contributed by atoms with Crippen molar-refractivity contribution in [3.05, 3.63) is 0 Å². The van der Waals surface area contributed by atoms with Crippen LogP contribution in [0, 0.1) is 11.8 Å². The molecule has 2 saturated heterocycles. The summed E-state index contributed by atoms with van der Waals surface area (Å²) in [5, 5.41) is 20.4. The van der Waals surface area contributed by atoms with Gasteiger partial charge >= 0.3 is 11.9 Å². The first-order valence-corrected chi connectivity index (χ1v) is 10.6. The molecule has 2 rings (SSSR count). The fraction of sp³-hybridized carbons (Fsp3) is 0.905. The molecule has 7 heteroatoms. The Morgan fingerprint density at radius 3 is 2.36 bits per heavy atom. The van der Waals surface area contributed by atoms with Gasteiger partial charge in [0.2, 0.25) is 0 Å². The Labute approximate surface area is 167 Å². The second-order valence-corrected chi connectivity index (χ2v) is 8.44. The van der Waals surface area contributed by atoms with Gasteiger partial charge in [-0.05, 0) is 52.9 Å². The predicted molar refractivity (Wildman–Crippen MR) is 102 cm³/mol. The van der Waals surface area contributed by atoms with E-state index in [1.807, 2.05) is 13.8 Å². The molecule has 2 bridgehead atoms. The van der Waals surface area contributed by atoms with Crippen LogP contribution in [0.2, 0.25) is 0 Å². The van der Waals surface area contributed by atoms with Crippen molar-refractivity contribution in [2.75, 3.05) is 0 Å². The molecule has 0 aliphatic carbocycles. The van der Waals surface area contributed by atoms with E-state index in [4.69, 9.17) is 14.2 Å². The summed E-state index contributed by atoms with van der Waals surface area (Å²) in [4.78, 5) is 25.0. The first-order valence-electron chi connectivity index (χ1n) is 10.6. The summed E-state index contributed by atoms with van der Waals surface area (Å²) in [6.07, 6.45) is 1.09. The van der Waals surface area contributed by atoms with Crippen LogP contribution in [-0.4, -0.2) is 58.8 Å². The molecule has 0 aromatic heterocycles. The molecule has 2 aliphatic rings. The summed E-state index contributed by atoms with van der Waals surface area (Å²) in [7, 11) is 0. The Balaban J connectivity index is 2.15. The third-order valence-corrected chi connectivity index (χ3v) is 6.00. The van der Waals surface area contributed by atoms with Crippen LogP contribution < -0.4 is 0 Å². The number of cyclic esters (lactones) is 2. The molecule has 0 radical (unpaired) electrons. The Bertz CT molecular complexity index is 523. The van der Waals surface area contributed by atoms with Gasteiger partial charge in [0.15, 0.2) is 0 Å². The first kappa shape index (κ1) is 23.1. The topological polar surface area (TPSA) is 102 Å². The van der Waals surface area contributed by atoms with Gasteiger partial charge in [0.25, 0.3) is 0 Å². The molecule has 2 heterocycles. The van der Waals surface area contributed by atoms with Gasteiger partial charge in [-0.15, -0.1) is 0 Å². The summed E-state index contributed by atoms with van der Waals surface area (Å²) < 4.78 is 17.2. The molecule has 0 amide bonds. The SMILES string of the molecule is CC[C@@H](O)C[C@@H]1CC[C@H](O)[C@@H](C)C(=O)O[C@@H](C)C[C@H]2CC[C@H](O2)[C@H](C)C(=O)O1. The molecule has 0 unspecified atom stereocenters. The van der Waals surface area contributed by atoms with Crippen molar-refractivity contribution in [3.63, 3.8) is 0 Å². The molecule has 2 N–H and O–H groups in total. The summed E-state index contributed by atoms with van der Waals surface area (Å²) in [6.45, 7) is 7.14. The van der Waals surface area contributed by atoms with Crippen LogP contribution in [0.3, 0.4) is 0 Å². The van der Waals surface area contributed by atoms with Crippen LogP contribution in [0.25, 0.3) is 0 Å². The highest BCUT2D eigenvalue weighted by atomic mass is 16.6. The largest absolute Gasteiger partial charge is 0.462 e. The lowest BCUT2D eigenvalue weighted by molar-refractivity contribution is -0.160. The van der Waals surface area contributed by atoms with Crippen LogP contribution in [0.1, 0.15) is 72.6 Å². The lowest BCUT2D eigenvalue weighted by Gasteiger charge is -2.25. The lowest BCUT2D eigenvalue weighted by Crippen LogP contribution is -2.33. The van der Waals surface area contributed by atoms with E-state index in [0.717, 1.165) is 12.8 Å². The summed E-state index contributed by atoms with van der Waals surface area (Å²) >= 11 is 0. The van der Waals surface area contributed by atoms with Gasteiger partial charge in [-0.25, -0.2) is 0 Å². The van der Waals surface area contributed by atoms with Crippen molar-refractivity contribution in [2.24, 2.45) is 11.8 Å². The second-order valence-electron chi connectivity index (χ2n) is 8.44. The van der Waals surface area contributed by atoms with Crippen molar-refractivity contribution in [1.82, 2.24) is 0 Å². The van der Waals surface area contributed by atoms with Crippen molar-refractivity contribution in [3.8, 4) is 0 Å². The van der Waals surface area contributed by atoms with Crippen molar-refractivity contribution < 1.29 is 34.0 Å². The minimum Gasteiger partial charge on any atom is -0.462 e. The highest BCUT2D eigenvalue weighted by Gasteiger charge is 2.37. The van der Waals surface area contributed by atoms with Crippen LogP contribution in [-0.2, 0) is 23.8 Å². The van der Waals surface area contributed by atoms with Gasteiger partial charge < -0.3 is 24.4 Å². The van der Waals surface area contributed by atoms with Gasteiger partial charge in [0.1, 0.15) is 12.2 Å². The molecule has 2 fully saturated rings. The van der Waals surface area contributed by atoms with E-state index in [0.29, 0.717) is 25.7 Å². The maximum absolute atomic E-state index is 12.7. The molecule has 28 heavy (non-hydrogen) atoms. The number of ether oxygens (including phenoxy) is 3. The van der Waals surface area contributed by atoms with Crippen LogP contribution in [0.4, 0.5) is 0 Å². The molecule has 2 aliphatic heterocycles. The zero-order valence-electron chi connectivity index (χ0n) is 17.5. The molecular weight excluding hydrogens is 364 g/mol. The number of rotatable bonds is 3. The number of aliphatic hydroxyl groups is 2. The Hall–Kier alpha value is -1.18. The monoisotopic (exact) mass is 400 g/mol. The van der Waals surface area contributed by atoms with Crippen LogP contribution >= 0.6 is 0 Å². The van der Waals surface area contributed by atoms with Gasteiger partial charge in [0, 0.05) is 12.8 Å². The summed E-state index contributed by atoms with van der Waals surface area (Å²) in [5.74, 6) is -1.84.